The Morgan fingerprint density at radius 1 is 1.20 bits per heavy atom. The van der Waals surface area contributed by atoms with Crippen molar-refractivity contribution in [1.29, 1.82) is 0 Å². The maximum absolute atomic E-state index is 2.54. The van der Waals surface area contributed by atoms with E-state index in [0.717, 1.165) is 22.7 Å². The molecule has 0 aromatic carbocycles. The summed E-state index contributed by atoms with van der Waals surface area (Å²) in [5.41, 5.74) is 1.58. The van der Waals surface area contributed by atoms with Crippen molar-refractivity contribution in [3.63, 3.8) is 0 Å². The lowest BCUT2D eigenvalue weighted by molar-refractivity contribution is 0.0399. The quantitative estimate of drug-likeness (QED) is 0.480. The highest BCUT2D eigenvalue weighted by atomic mass is 14.7. The summed E-state index contributed by atoms with van der Waals surface area (Å²) in [6, 6.07) is 0. The summed E-state index contributed by atoms with van der Waals surface area (Å²) in [5, 5.41) is 0. The molecule has 0 aromatic heterocycles. The van der Waals surface area contributed by atoms with Gasteiger partial charge in [-0.2, -0.15) is 0 Å². The highest BCUT2D eigenvalue weighted by Crippen LogP contribution is 2.78. The zero-order valence-corrected chi connectivity index (χ0v) is 6.98. The second-order valence-corrected chi connectivity index (χ2v) is 5.29. The van der Waals surface area contributed by atoms with Crippen molar-refractivity contribution in [2.24, 2.45) is 22.7 Å². The van der Waals surface area contributed by atoms with Gasteiger partial charge in [-0.1, -0.05) is 13.8 Å². The standard InChI is InChI=1S/C10H16/c1-9-4-3-8-7(5-9)6-10(8,9)2/h7-8H,3-6H2,1-2H3. The lowest BCUT2D eigenvalue weighted by Crippen LogP contribution is -2.38. The third-order valence-electron chi connectivity index (χ3n) is 5.17. The molecule has 4 rings (SSSR count). The molecular formula is C10H16. The fourth-order valence-corrected chi connectivity index (χ4v) is 4.33. The minimum absolute atomic E-state index is 0.780. The average Bonchev–Trinajstić information content (AvgIpc) is 2.23. The molecule has 56 valence electrons. The highest BCUT2D eigenvalue weighted by molar-refractivity contribution is 5.19. The van der Waals surface area contributed by atoms with E-state index in [1.165, 1.54) is 6.42 Å². The maximum Gasteiger partial charge on any atom is -0.0238 e. The Labute approximate surface area is 63.0 Å². The van der Waals surface area contributed by atoms with Gasteiger partial charge in [0.2, 0.25) is 0 Å². The van der Waals surface area contributed by atoms with Crippen molar-refractivity contribution in [3.05, 3.63) is 0 Å². The maximum atomic E-state index is 2.54. The van der Waals surface area contributed by atoms with Crippen LogP contribution in [-0.2, 0) is 0 Å². The van der Waals surface area contributed by atoms with Crippen LogP contribution in [0.25, 0.3) is 0 Å². The SMILES string of the molecule is CC12CCC3C(C1)CC32C. The van der Waals surface area contributed by atoms with Gasteiger partial charge in [-0.15, -0.1) is 0 Å². The highest BCUT2D eigenvalue weighted by Gasteiger charge is 2.70. The molecule has 0 aromatic rings. The minimum Gasteiger partial charge on any atom is -0.0591 e. The van der Waals surface area contributed by atoms with E-state index in [-0.39, 0.29) is 0 Å². The fraction of sp³-hybridized carbons (Fsp3) is 1.00. The molecule has 4 atom stereocenters. The fourth-order valence-electron chi connectivity index (χ4n) is 4.33. The van der Waals surface area contributed by atoms with Crippen LogP contribution in [0.5, 0.6) is 0 Å². The summed E-state index contributed by atoms with van der Waals surface area (Å²) < 4.78 is 0. The summed E-state index contributed by atoms with van der Waals surface area (Å²) in [7, 11) is 0. The van der Waals surface area contributed by atoms with Crippen LogP contribution in [0.3, 0.4) is 0 Å². The molecule has 0 spiro atoms. The first-order valence-electron chi connectivity index (χ1n) is 4.66. The molecule has 0 N–H and O–H groups in total. The van der Waals surface area contributed by atoms with Crippen molar-refractivity contribution in [2.45, 2.75) is 39.5 Å². The smallest absolute Gasteiger partial charge is 0.0238 e. The molecule has 0 nitrogen and oxygen atoms in total. The van der Waals surface area contributed by atoms with Crippen LogP contribution in [0.15, 0.2) is 0 Å². The second kappa shape index (κ2) is 1.19. The Morgan fingerprint density at radius 2 is 2.00 bits per heavy atom. The van der Waals surface area contributed by atoms with Crippen LogP contribution in [0, 0.1) is 22.7 Å². The van der Waals surface area contributed by atoms with E-state index in [2.05, 4.69) is 13.8 Å². The Bertz CT molecular complexity index is 190. The summed E-state index contributed by atoms with van der Waals surface area (Å²) in [6.45, 7) is 5.06. The molecule has 4 fully saturated rings. The minimum atomic E-state index is 0.780. The first kappa shape index (κ1) is 5.62. The molecule has 0 heterocycles. The lowest BCUT2D eigenvalue weighted by atomic mass is 9.60. The van der Waals surface area contributed by atoms with E-state index >= 15 is 0 Å². The number of hydrogen-bond acceptors (Lipinski definition) is 0. The summed E-state index contributed by atoms with van der Waals surface area (Å²) in [6.07, 6.45) is 6.21. The molecule has 0 radical (unpaired) electrons. The van der Waals surface area contributed by atoms with Gasteiger partial charge in [-0.25, -0.2) is 0 Å². The van der Waals surface area contributed by atoms with E-state index in [9.17, 15) is 0 Å². The third-order valence-corrected chi connectivity index (χ3v) is 5.17. The van der Waals surface area contributed by atoms with Gasteiger partial charge in [0.05, 0.1) is 0 Å². The van der Waals surface area contributed by atoms with Gasteiger partial charge in [0.1, 0.15) is 0 Å². The molecular weight excluding hydrogens is 120 g/mol. The normalized spacial score (nSPS) is 70.2. The Balaban J connectivity index is 2.14. The van der Waals surface area contributed by atoms with E-state index in [4.69, 9.17) is 0 Å². The van der Waals surface area contributed by atoms with Crippen molar-refractivity contribution in [3.8, 4) is 0 Å². The van der Waals surface area contributed by atoms with Crippen LogP contribution < -0.4 is 0 Å². The molecule has 4 aliphatic carbocycles. The zero-order chi connectivity index (χ0) is 6.98. The van der Waals surface area contributed by atoms with Gasteiger partial charge in [0.25, 0.3) is 0 Å². The Kier molecular flexibility index (Phi) is 0.669. The van der Waals surface area contributed by atoms with Gasteiger partial charge in [0, 0.05) is 0 Å². The first-order chi connectivity index (χ1) is 4.66. The molecule has 4 saturated carbocycles. The number of hydrogen-bond donors (Lipinski definition) is 0. The molecule has 4 bridgehead atoms. The first-order valence-corrected chi connectivity index (χ1v) is 4.66. The predicted octanol–water partition coefficient (Wildman–Crippen LogP) is 2.83. The van der Waals surface area contributed by atoms with Crippen LogP contribution in [0.2, 0.25) is 0 Å². The van der Waals surface area contributed by atoms with Crippen LogP contribution in [0.1, 0.15) is 39.5 Å². The van der Waals surface area contributed by atoms with E-state index in [1.807, 2.05) is 0 Å². The molecule has 4 unspecified atom stereocenters. The molecule has 0 saturated heterocycles. The van der Waals surface area contributed by atoms with Crippen molar-refractivity contribution in [2.75, 3.05) is 0 Å². The predicted molar refractivity (Wildman–Crippen MR) is 41.7 cm³/mol. The van der Waals surface area contributed by atoms with Gasteiger partial charge >= 0.3 is 0 Å². The summed E-state index contributed by atoms with van der Waals surface area (Å²) >= 11 is 0. The van der Waals surface area contributed by atoms with Gasteiger partial charge in [-0.3, -0.25) is 0 Å². The van der Waals surface area contributed by atoms with Crippen LogP contribution in [-0.4, -0.2) is 0 Å². The van der Waals surface area contributed by atoms with Crippen molar-refractivity contribution in [1.82, 2.24) is 0 Å². The molecule has 0 aliphatic heterocycles. The summed E-state index contributed by atoms with van der Waals surface area (Å²) in [5.74, 6) is 2.31. The molecule has 0 heteroatoms. The topological polar surface area (TPSA) is 0 Å². The van der Waals surface area contributed by atoms with E-state index < -0.39 is 0 Å². The molecule has 4 aliphatic rings. The van der Waals surface area contributed by atoms with E-state index in [1.54, 1.807) is 19.3 Å². The van der Waals surface area contributed by atoms with Crippen LogP contribution >= 0.6 is 0 Å². The van der Waals surface area contributed by atoms with Gasteiger partial charge in [-0.05, 0) is 48.3 Å². The molecule has 0 amide bonds. The Morgan fingerprint density at radius 3 is 2.30 bits per heavy atom. The Hall–Kier alpha value is 0. The average molecular weight is 136 g/mol. The zero-order valence-electron chi connectivity index (χ0n) is 6.98. The van der Waals surface area contributed by atoms with Gasteiger partial charge < -0.3 is 0 Å². The van der Waals surface area contributed by atoms with Crippen LogP contribution in [0.4, 0.5) is 0 Å². The largest absolute Gasteiger partial charge is 0.0591 e. The van der Waals surface area contributed by atoms with E-state index in [0.29, 0.717) is 0 Å². The molecule has 10 heavy (non-hydrogen) atoms. The summed E-state index contributed by atoms with van der Waals surface area (Å²) in [4.78, 5) is 0. The third kappa shape index (κ3) is 0.320. The lowest BCUT2D eigenvalue weighted by Gasteiger charge is -2.44. The second-order valence-electron chi connectivity index (χ2n) is 5.29. The van der Waals surface area contributed by atoms with Gasteiger partial charge in [0.15, 0.2) is 0 Å². The number of rotatable bonds is 0. The van der Waals surface area contributed by atoms with Crippen molar-refractivity contribution < 1.29 is 0 Å². The monoisotopic (exact) mass is 136 g/mol. The van der Waals surface area contributed by atoms with Crippen molar-refractivity contribution >= 4 is 0 Å².